The normalized spacial score (nSPS) is 15.5. The molecule has 1 aliphatic heterocycles. The molecule has 0 spiro atoms. The third-order valence-electron chi connectivity index (χ3n) is 4.62. The summed E-state index contributed by atoms with van der Waals surface area (Å²) in [6, 6.07) is 11.0. The van der Waals surface area contributed by atoms with E-state index < -0.39 is 29.3 Å². The van der Waals surface area contributed by atoms with Crippen molar-refractivity contribution < 1.29 is 28.8 Å². The highest BCUT2D eigenvalue weighted by atomic mass is 79.9. The fraction of sp³-hybridized carbons (Fsp3) is 0.250. The van der Waals surface area contributed by atoms with E-state index in [2.05, 4.69) is 21.2 Å². The maximum Gasteiger partial charge on any atom is 0.311 e. The zero-order valence-corrected chi connectivity index (χ0v) is 18.0. The van der Waals surface area contributed by atoms with Crippen molar-refractivity contribution in [2.45, 2.75) is 6.42 Å². The summed E-state index contributed by atoms with van der Waals surface area (Å²) in [6.07, 6.45) is -0.0299. The lowest BCUT2D eigenvalue weighted by atomic mass is 10.1. The number of esters is 1. The number of nitrogens with one attached hydrogen (secondary N) is 1. The molecule has 11 heteroatoms. The third kappa shape index (κ3) is 5.37. The van der Waals surface area contributed by atoms with Gasteiger partial charge >= 0.3 is 5.97 Å². The van der Waals surface area contributed by atoms with Gasteiger partial charge in [0.05, 0.1) is 18.0 Å². The molecule has 0 radical (unpaired) electrons. The van der Waals surface area contributed by atoms with E-state index >= 15 is 0 Å². The third-order valence-corrected chi connectivity index (χ3v) is 5.15. The Morgan fingerprint density at radius 1 is 1.26 bits per heavy atom. The van der Waals surface area contributed by atoms with E-state index in [-0.39, 0.29) is 30.2 Å². The molecule has 1 fully saturated rings. The van der Waals surface area contributed by atoms with Crippen LogP contribution in [0.2, 0.25) is 0 Å². The van der Waals surface area contributed by atoms with Crippen molar-refractivity contribution in [1.82, 2.24) is 0 Å². The number of ether oxygens (including phenoxy) is 2. The van der Waals surface area contributed by atoms with Crippen molar-refractivity contribution >= 4 is 50.8 Å². The highest BCUT2D eigenvalue weighted by Gasteiger charge is 2.36. The number of anilines is 2. The van der Waals surface area contributed by atoms with E-state index in [1.54, 1.807) is 24.3 Å². The van der Waals surface area contributed by atoms with Crippen LogP contribution in [0.5, 0.6) is 5.75 Å². The number of halogens is 1. The maximum absolute atomic E-state index is 12.3. The van der Waals surface area contributed by atoms with Crippen LogP contribution in [0.15, 0.2) is 46.9 Å². The van der Waals surface area contributed by atoms with Crippen LogP contribution in [0.3, 0.4) is 0 Å². The van der Waals surface area contributed by atoms with E-state index in [1.165, 1.54) is 30.2 Å². The van der Waals surface area contributed by atoms with Gasteiger partial charge in [-0.15, -0.1) is 0 Å². The number of nitro groups is 1. The molecule has 1 atom stereocenters. The lowest BCUT2D eigenvalue weighted by Crippen LogP contribution is -2.28. The van der Waals surface area contributed by atoms with Gasteiger partial charge < -0.3 is 19.7 Å². The highest BCUT2D eigenvalue weighted by Crippen LogP contribution is 2.29. The second kappa shape index (κ2) is 9.56. The Morgan fingerprint density at radius 3 is 2.61 bits per heavy atom. The maximum atomic E-state index is 12.3. The molecule has 10 nitrogen and oxygen atoms in total. The summed E-state index contributed by atoms with van der Waals surface area (Å²) in [7, 11) is 1.38. The second-order valence-electron chi connectivity index (χ2n) is 6.68. The van der Waals surface area contributed by atoms with Gasteiger partial charge in [0.15, 0.2) is 6.61 Å². The van der Waals surface area contributed by atoms with E-state index in [1.807, 2.05) is 0 Å². The molecule has 2 aromatic carbocycles. The Labute approximate surface area is 185 Å². The number of nitrogens with zero attached hydrogens (tertiary/aromatic N) is 2. The quantitative estimate of drug-likeness (QED) is 0.358. The molecular weight excluding hydrogens is 474 g/mol. The number of carbonyl (C=O) groups excluding carboxylic acids is 3. The summed E-state index contributed by atoms with van der Waals surface area (Å²) >= 11 is 3.32. The molecule has 1 aliphatic rings. The molecule has 31 heavy (non-hydrogen) atoms. The van der Waals surface area contributed by atoms with Crippen molar-refractivity contribution in [2.75, 3.05) is 30.5 Å². The molecular formula is C20H18BrN3O7. The van der Waals surface area contributed by atoms with Crippen molar-refractivity contribution in [1.29, 1.82) is 0 Å². The van der Waals surface area contributed by atoms with Gasteiger partial charge in [-0.1, -0.05) is 15.9 Å². The van der Waals surface area contributed by atoms with Gasteiger partial charge in [-0.3, -0.25) is 24.5 Å². The van der Waals surface area contributed by atoms with E-state index in [0.29, 0.717) is 11.4 Å². The van der Waals surface area contributed by atoms with Gasteiger partial charge in [0, 0.05) is 35.3 Å². The minimum Gasteiger partial charge on any atom is -0.497 e. The van der Waals surface area contributed by atoms with Crippen LogP contribution in [-0.2, 0) is 19.1 Å². The number of amides is 2. The van der Waals surface area contributed by atoms with Crippen LogP contribution in [0.1, 0.15) is 6.42 Å². The number of methoxy groups -OCH3 is 1. The Balaban J connectivity index is 1.57. The summed E-state index contributed by atoms with van der Waals surface area (Å²) in [5.41, 5.74) is 0.251. The van der Waals surface area contributed by atoms with Crippen LogP contribution in [0.25, 0.3) is 0 Å². The highest BCUT2D eigenvalue weighted by molar-refractivity contribution is 9.10. The summed E-state index contributed by atoms with van der Waals surface area (Å²) in [4.78, 5) is 48.7. The molecule has 2 aromatic rings. The molecule has 1 saturated heterocycles. The molecule has 0 saturated carbocycles. The molecule has 1 N–H and O–H groups in total. The Morgan fingerprint density at radius 2 is 1.97 bits per heavy atom. The standard InChI is InChI=1S/C20H18BrN3O7/c1-30-15-6-7-17(24(28)29)16(9-15)22-18(25)11-31-20(27)12-8-19(26)23(10-12)14-4-2-13(21)3-5-14/h2-7,9,12H,8,10-11H2,1H3,(H,22,25)/t12-/m0/s1. The van der Waals surface area contributed by atoms with Crippen molar-refractivity contribution in [3.8, 4) is 5.75 Å². The van der Waals surface area contributed by atoms with Crippen LogP contribution >= 0.6 is 15.9 Å². The van der Waals surface area contributed by atoms with Crippen molar-refractivity contribution in [2.24, 2.45) is 5.92 Å². The van der Waals surface area contributed by atoms with Crippen LogP contribution < -0.4 is 15.0 Å². The number of rotatable bonds is 7. The summed E-state index contributed by atoms with van der Waals surface area (Å²) in [5.74, 6) is -2.06. The van der Waals surface area contributed by atoms with Gasteiger partial charge in [-0.2, -0.15) is 0 Å². The lowest BCUT2D eigenvalue weighted by molar-refractivity contribution is -0.383. The van der Waals surface area contributed by atoms with Crippen molar-refractivity contribution in [3.05, 3.63) is 57.1 Å². The first-order valence-corrected chi connectivity index (χ1v) is 9.92. The fourth-order valence-corrected chi connectivity index (χ4v) is 3.34. The number of hydrogen-bond donors (Lipinski definition) is 1. The predicted octanol–water partition coefficient (Wildman–Crippen LogP) is 2.90. The number of hydrogen-bond acceptors (Lipinski definition) is 7. The monoisotopic (exact) mass is 491 g/mol. The largest absolute Gasteiger partial charge is 0.497 e. The molecule has 3 rings (SSSR count). The molecule has 0 aliphatic carbocycles. The molecule has 0 unspecified atom stereocenters. The first-order chi connectivity index (χ1) is 14.8. The van der Waals surface area contributed by atoms with E-state index in [0.717, 1.165) is 4.47 Å². The van der Waals surface area contributed by atoms with Crippen LogP contribution in [-0.4, -0.2) is 43.0 Å². The SMILES string of the molecule is COc1ccc([N+](=O)[O-])c(NC(=O)COC(=O)[C@H]2CC(=O)N(c3ccc(Br)cc3)C2)c1. The van der Waals surface area contributed by atoms with E-state index in [4.69, 9.17) is 9.47 Å². The van der Waals surface area contributed by atoms with E-state index in [9.17, 15) is 24.5 Å². The first-order valence-electron chi connectivity index (χ1n) is 9.13. The van der Waals surface area contributed by atoms with Gasteiger partial charge in [0.2, 0.25) is 5.91 Å². The van der Waals surface area contributed by atoms with Crippen LogP contribution in [0, 0.1) is 16.0 Å². The fourth-order valence-electron chi connectivity index (χ4n) is 3.08. The Hall–Kier alpha value is -3.47. The number of benzene rings is 2. The molecule has 0 aromatic heterocycles. The van der Waals surface area contributed by atoms with Crippen LogP contribution in [0.4, 0.5) is 17.1 Å². The van der Waals surface area contributed by atoms with Gasteiger partial charge in [-0.25, -0.2) is 0 Å². The first kappa shape index (κ1) is 22.2. The zero-order chi connectivity index (χ0) is 22.5. The zero-order valence-electron chi connectivity index (χ0n) is 16.4. The summed E-state index contributed by atoms with van der Waals surface area (Å²) in [6.45, 7) is -0.502. The summed E-state index contributed by atoms with van der Waals surface area (Å²) < 4.78 is 10.9. The smallest absolute Gasteiger partial charge is 0.311 e. The molecule has 162 valence electrons. The average molecular weight is 492 g/mol. The minimum absolute atomic E-state index is 0.0299. The molecule has 0 bridgehead atoms. The molecule has 2 amide bonds. The number of carbonyl (C=O) groups is 3. The topological polar surface area (TPSA) is 128 Å². The van der Waals surface area contributed by atoms with Gasteiger partial charge in [-0.05, 0) is 30.3 Å². The van der Waals surface area contributed by atoms with Gasteiger partial charge in [0.25, 0.3) is 11.6 Å². The lowest BCUT2D eigenvalue weighted by Gasteiger charge is -2.16. The van der Waals surface area contributed by atoms with Gasteiger partial charge in [0.1, 0.15) is 11.4 Å². The van der Waals surface area contributed by atoms with Crippen molar-refractivity contribution in [3.63, 3.8) is 0 Å². The summed E-state index contributed by atoms with van der Waals surface area (Å²) in [5, 5.41) is 13.5. The Bertz CT molecular complexity index is 1030. The number of nitro benzene ring substituents is 1. The second-order valence-corrected chi connectivity index (χ2v) is 7.59. The minimum atomic E-state index is -0.751. The Kier molecular flexibility index (Phi) is 6.85. The average Bonchev–Trinajstić information content (AvgIpc) is 3.14. The molecule has 1 heterocycles. The predicted molar refractivity (Wildman–Crippen MR) is 114 cm³/mol.